The van der Waals surface area contributed by atoms with Gasteiger partial charge in [-0.25, -0.2) is 18.9 Å². The molecule has 0 unspecified atom stereocenters. The highest BCUT2D eigenvalue weighted by atomic mass is 35.5. The summed E-state index contributed by atoms with van der Waals surface area (Å²) < 4.78 is 35.7. The van der Waals surface area contributed by atoms with Crippen molar-refractivity contribution in [1.29, 1.82) is 0 Å². The van der Waals surface area contributed by atoms with Gasteiger partial charge >= 0.3 is 11.9 Å². The second-order valence-corrected chi connectivity index (χ2v) is 12.8. The molecule has 0 amide bonds. The Kier molecular flexibility index (Phi) is 23.6. The van der Waals surface area contributed by atoms with Gasteiger partial charge in [0.25, 0.3) is 0 Å². The van der Waals surface area contributed by atoms with E-state index >= 15 is 0 Å². The Labute approximate surface area is 295 Å². The zero-order valence-corrected chi connectivity index (χ0v) is 30.2. The lowest BCUT2D eigenvalue weighted by molar-refractivity contribution is -0.144. The highest BCUT2D eigenvalue weighted by molar-refractivity contribution is 7.84. The highest BCUT2D eigenvalue weighted by Gasteiger charge is 2.26. The van der Waals surface area contributed by atoms with Crippen LogP contribution in [0.4, 0.5) is 0 Å². The zero-order chi connectivity index (χ0) is 35.8. The Morgan fingerprint density at radius 2 is 1.35 bits per heavy atom. The van der Waals surface area contributed by atoms with E-state index in [9.17, 15) is 13.8 Å². The molecule has 272 valence electrons. The molecule has 49 heavy (non-hydrogen) atoms. The summed E-state index contributed by atoms with van der Waals surface area (Å²) >= 11 is 0. The van der Waals surface area contributed by atoms with Crippen LogP contribution in [0.1, 0.15) is 83.5 Å². The van der Waals surface area contributed by atoms with Crippen LogP contribution < -0.4 is 19.9 Å². The summed E-state index contributed by atoms with van der Waals surface area (Å²) in [5.74, 6) is 0.178. The molecule has 2 aromatic heterocycles. The lowest BCUT2D eigenvalue weighted by atomic mass is 10.1. The van der Waals surface area contributed by atoms with E-state index in [2.05, 4.69) is 34.7 Å². The summed E-state index contributed by atoms with van der Waals surface area (Å²) in [6, 6.07) is 5.97. The third kappa shape index (κ3) is 20.1. The van der Waals surface area contributed by atoms with E-state index in [0.29, 0.717) is 63.1 Å². The van der Waals surface area contributed by atoms with E-state index in [0.717, 1.165) is 5.56 Å². The molecule has 3 N–H and O–H groups in total. The Bertz CT molecular complexity index is 1370. The van der Waals surface area contributed by atoms with Crippen molar-refractivity contribution in [3.63, 3.8) is 0 Å². The van der Waals surface area contributed by atoms with Crippen molar-refractivity contribution in [3.8, 4) is 11.8 Å². The number of hydrogen-bond acceptors (Lipinski definition) is 12. The third-order valence-electron chi connectivity index (χ3n) is 5.95. The summed E-state index contributed by atoms with van der Waals surface area (Å²) in [5, 5.41) is 6.83. The molecular weight excluding hydrogens is 680 g/mol. The van der Waals surface area contributed by atoms with Gasteiger partial charge in [0.05, 0.1) is 61.0 Å². The van der Waals surface area contributed by atoms with Crippen LogP contribution in [0.2, 0.25) is 0 Å². The van der Waals surface area contributed by atoms with Crippen LogP contribution in [0.15, 0.2) is 46.9 Å². The Hall–Kier alpha value is -4.18. The monoisotopic (exact) mass is 726 g/mol. The molecular formula is C30H47ClN10O7S. The Morgan fingerprint density at radius 3 is 1.76 bits per heavy atom. The lowest BCUT2D eigenvalue weighted by Gasteiger charge is -2.24. The van der Waals surface area contributed by atoms with Gasteiger partial charge in [-0.2, -0.15) is 0 Å². The molecule has 2 heterocycles. The number of hydrogen-bond donors (Lipinski definition) is 2. The summed E-state index contributed by atoms with van der Waals surface area (Å²) in [4.78, 5) is 36.9. The Morgan fingerprint density at radius 1 is 0.878 bits per heavy atom. The van der Waals surface area contributed by atoms with E-state index in [1.54, 1.807) is 50.5 Å². The molecule has 0 spiro atoms. The van der Waals surface area contributed by atoms with Crippen molar-refractivity contribution in [2.24, 2.45) is 16.0 Å². The predicted molar refractivity (Wildman–Crippen MR) is 187 cm³/mol. The van der Waals surface area contributed by atoms with Gasteiger partial charge in [0, 0.05) is 53.5 Å². The molecule has 2 aromatic rings. The minimum absolute atomic E-state index is 0. The fourth-order valence-electron chi connectivity index (χ4n) is 3.53. The highest BCUT2D eigenvalue weighted by Crippen LogP contribution is 2.22. The molecule has 0 saturated heterocycles. The van der Waals surface area contributed by atoms with Crippen LogP contribution in [0.25, 0.3) is 20.9 Å². The van der Waals surface area contributed by atoms with Gasteiger partial charge in [0.2, 0.25) is 11.8 Å². The number of nitrogens with two attached hydrogens (primary N) is 1. The molecule has 3 atom stereocenters. The summed E-state index contributed by atoms with van der Waals surface area (Å²) in [7, 11) is -1.36. The largest absolute Gasteiger partial charge is 0.478 e. The van der Waals surface area contributed by atoms with Gasteiger partial charge in [-0.3, -0.25) is 9.59 Å². The van der Waals surface area contributed by atoms with Crippen LogP contribution in [0.5, 0.6) is 11.8 Å². The van der Waals surface area contributed by atoms with Crippen molar-refractivity contribution in [3.05, 3.63) is 68.7 Å². The molecule has 0 aliphatic heterocycles. The summed E-state index contributed by atoms with van der Waals surface area (Å²) in [6.07, 6.45) is 4.53. The van der Waals surface area contributed by atoms with Crippen molar-refractivity contribution in [2.75, 3.05) is 39.5 Å². The smallest absolute Gasteiger partial charge is 0.307 e. The second-order valence-electron chi connectivity index (χ2n) is 10.8. The molecule has 0 fully saturated rings. The van der Waals surface area contributed by atoms with Gasteiger partial charge < -0.3 is 24.7 Å². The lowest BCUT2D eigenvalue weighted by Crippen LogP contribution is -2.36. The van der Waals surface area contributed by atoms with Crippen LogP contribution in [0.3, 0.4) is 0 Å². The zero-order valence-electron chi connectivity index (χ0n) is 28.5. The van der Waals surface area contributed by atoms with Gasteiger partial charge in [0.1, 0.15) is 0 Å². The number of pyridine rings is 2. The van der Waals surface area contributed by atoms with E-state index in [-0.39, 0.29) is 43.8 Å². The van der Waals surface area contributed by atoms with Gasteiger partial charge in [0.15, 0.2) is 0 Å². The Balaban J connectivity index is 0.000000949. The number of nitrogens with one attached hydrogen (secondary N) is 1. The number of halogens is 1. The number of azide groups is 2. The fraction of sp³-hybridized carbons (Fsp3) is 0.600. The SMILES string of the molecule is CCOC(=O)C[C@H](N)c1ccc(OCCCN=[N+]=[N-])nc1.CCOC(=O)C[C@H](N[S@](=O)C(C)(C)C)c1ccc(OCCCN=[N+]=[N-])nc1.Cl. The first-order valence-corrected chi connectivity index (χ1v) is 16.5. The summed E-state index contributed by atoms with van der Waals surface area (Å²) in [6.45, 7) is 11.2. The number of ether oxygens (including phenoxy) is 4. The average molecular weight is 727 g/mol. The topological polar surface area (TPSA) is 249 Å². The van der Waals surface area contributed by atoms with E-state index < -0.39 is 27.8 Å². The molecule has 0 aliphatic carbocycles. The van der Waals surface area contributed by atoms with Crippen LogP contribution in [-0.4, -0.2) is 70.4 Å². The van der Waals surface area contributed by atoms with Crippen LogP contribution >= 0.6 is 12.4 Å². The molecule has 0 aromatic carbocycles. The average Bonchev–Trinajstić information content (AvgIpc) is 3.05. The van der Waals surface area contributed by atoms with Crippen molar-refractivity contribution < 1.29 is 32.7 Å². The summed E-state index contributed by atoms with van der Waals surface area (Å²) in [5.41, 5.74) is 23.7. The molecule has 0 aliphatic rings. The van der Waals surface area contributed by atoms with Crippen LogP contribution in [0, 0.1) is 0 Å². The number of esters is 2. The van der Waals surface area contributed by atoms with E-state index in [4.69, 9.17) is 35.7 Å². The van der Waals surface area contributed by atoms with Gasteiger partial charge in [-0.15, -0.1) is 12.4 Å². The first-order valence-electron chi connectivity index (χ1n) is 15.4. The number of carbonyl (C=O) groups is 2. The second kappa shape index (κ2) is 25.8. The number of carbonyl (C=O) groups excluding carboxylic acids is 2. The molecule has 19 heteroatoms. The first-order chi connectivity index (χ1) is 22.9. The molecule has 0 saturated carbocycles. The predicted octanol–water partition coefficient (Wildman–Crippen LogP) is 5.74. The molecule has 2 rings (SSSR count). The van der Waals surface area contributed by atoms with E-state index in [1.807, 2.05) is 20.8 Å². The van der Waals surface area contributed by atoms with Gasteiger partial charge in [-0.05, 0) is 69.6 Å². The number of rotatable bonds is 20. The normalized spacial score (nSPS) is 12.2. The molecule has 0 radical (unpaired) electrons. The molecule has 0 bridgehead atoms. The first kappa shape index (κ1) is 44.8. The minimum Gasteiger partial charge on any atom is -0.478 e. The standard InChI is InChI=1S/C17H27N5O4S.C13H19N5O3.ClH/c1-5-25-16(23)11-14(21-27(24)17(2,3)4)13-7-8-15(19-12-13)26-10-6-9-20-22-18;1-2-20-13(19)8-11(14)10-4-5-12(16-9-10)21-7-3-6-17-18-15;/h7-8,12,14,21H,5-6,9-11H2,1-4H3;4-5,9,11H,2-3,6-8,14H2,1H3;1H/t14-,27+;11-;/m00./s1. The van der Waals surface area contributed by atoms with Gasteiger partial charge in [-0.1, -0.05) is 22.4 Å². The third-order valence-corrected chi connectivity index (χ3v) is 7.56. The maximum absolute atomic E-state index is 12.5. The van der Waals surface area contributed by atoms with Crippen molar-refractivity contribution >= 4 is 35.3 Å². The number of aromatic nitrogens is 2. The number of nitrogens with zero attached hydrogens (tertiary/aromatic N) is 8. The maximum Gasteiger partial charge on any atom is 0.307 e. The minimum atomic E-state index is -1.36. The quantitative estimate of drug-likeness (QED) is 0.0550. The maximum atomic E-state index is 12.5. The van der Waals surface area contributed by atoms with Crippen LogP contribution in [-0.2, 0) is 30.0 Å². The fourth-order valence-corrected chi connectivity index (χ4v) is 4.36. The van der Waals surface area contributed by atoms with Crippen molar-refractivity contribution in [2.45, 2.75) is 77.1 Å². The van der Waals surface area contributed by atoms with E-state index in [1.165, 1.54) is 0 Å². The molecule has 17 nitrogen and oxygen atoms in total. The van der Waals surface area contributed by atoms with Crippen molar-refractivity contribution in [1.82, 2.24) is 14.7 Å².